The number of nitrogens with one attached hydrogen (secondary N) is 1. The molecule has 1 fully saturated rings. The highest BCUT2D eigenvalue weighted by Gasteiger charge is 2.40. The van der Waals surface area contributed by atoms with Crippen LogP contribution in [0, 0.1) is 0 Å². The number of carbonyl (C=O) groups excluding carboxylic acids is 1. The lowest BCUT2D eigenvalue weighted by atomic mass is 10.0. The van der Waals surface area contributed by atoms with Gasteiger partial charge in [-0.2, -0.15) is 0 Å². The largest absolute Gasteiger partial charge is 0.508 e. The van der Waals surface area contributed by atoms with Crippen molar-refractivity contribution < 1.29 is 15.0 Å². The fraction of sp³-hybridized carbons (Fsp3) is 0.103. The minimum absolute atomic E-state index is 0.0162. The summed E-state index contributed by atoms with van der Waals surface area (Å²) in [5.41, 5.74) is 4.21. The quantitative estimate of drug-likeness (QED) is 0.420. The molecule has 1 atom stereocenters. The fourth-order valence-electron chi connectivity index (χ4n) is 4.68. The molecule has 35 heavy (non-hydrogen) atoms. The topological polar surface area (TPSA) is 85.2 Å². The van der Waals surface area contributed by atoms with Gasteiger partial charge in [0.1, 0.15) is 29.1 Å². The Kier molecular flexibility index (Phi) is 4.99. The molecule has 2 aliphatic heterocycles. The molecule has 1 saturated heterocycles. The number of benzene rings is 4. The van der Waals surface area contributed by atoms with Crippen molar-refractivity contribution in [2.75, 3.05) is 6.54 Å². The number of carbonyl (C=O) groups is 1. The molecular formula is C29H23N3O3. The number of phenolic OH excluding ortho intramolecular Hbond substituents is 2. The first-order chi connectivity index (χ1) is 17.0. The molecule has 6 rings (SSSR count). The lowest BCUT2D eigenvalue weighted by Gasteiger charge is -2.25. The lowest BCUT2D eigenvalue weighted by Crippen LogP contribution is -2.36. The van der Waals surface area contributed by atoms with Crippen LogP contribution in [0.1, 0.15) is 16.7 Å². The Hall–Kier alpha value is -4.58. The van der Waals surface area contributed by atoms with E-state index in [-0.39, 0.29) is 17.4 Å². The highest BCUT2D eigenvalue weighted by Crippen LogP contribution is 2.33. The summed E-state index contributed by atoms with van der Waals surface area (Å²) in [5, 5.41) is 25.0. The van der Waals surface area contributed by atoms with E-state index < -0.39 is 6.04 Å². The van der Waals surface area contributed by atoms with E-state index in [9.17, 15) is 15.0 Å². The molecule has 0 aliphatic carbocycles. The van der Waals surface area contributed by atoms with Crippen molar-refractivity contribution in [3.05, 3.63) is 114 Å². The molecule has 6 heteroatoms. The van der Waals surface area contributed by atoms with E-state index in [1.54, 1.807) is 29.2 Å². The van der Waals surface area contributed by atoms with Crippen molar-refractivity contribution in [1.82, 2.24) is 10.2 Å². The third kappa shape index (κ3) is 3.89. The van der Waals surface area contributed by atoms with Gasteiger partial charge in [-0.05, 0) is 64.4 Å². The van der Waals surface area contributed by atoms with Gasteiger partial charge in [0, 0.05) is 12.0 Å². The Labute approximate surface area is 202 Å². The number of fused-ring (bicyclic) bond motifs is 2. The summed E-state index contributed by atoms with van der Waals surface area (Å²) in [5.74, 6) is 1.07. The standard InChI is InChI=1S/C29H23N3O3/c33-23-11-5-18(6-12-23)15-25-29(35)32-17-26(20-9-13-24(34)14-10-20)30-27(28(32)31-25)22-8-7-19-3-1-2-4-21(19)16-22/h1-14,16,25,31,33-34H,15,17H2. The molecular weight excluding hydrogens is 438 g/mol. The van der Waals surface area contributed by atoms with E-state index in [1.165, 1.54) is 0 Å². The second-order valence-electron chi connectivity index (χ2n) is 8.86. The van der Waals surface area contributed by atoms with Gasteiger partial charge < -0.3 is 15.5 Å². The number of aromatic hydroxyl groups is 2. The second kappa shape index (κ2) is 8.33. The molecule has 0 spiro atoms. The van der Waals surface area contributed by atoms with Crippen LogP contribution in [0.4, 0.5) is 0 Å². The first-order valence-electron chi connectivity index (χ1n) is 11.5. The minimum Gasteiger partial charge on any atom is -0.508 e. The number of hydrogen-bond donors (Lipinski definition) is 3. The Morgan fingerprint density at radius 2 is 1.49 bits per heavy atom. The Bertz CT molecular complexity index is 1500. The number of aliphatic imine (C=N–C) groups is 1. The van der Waals surface area contributed by atoms with Crippen molar-refractivity contribution in [2.24, 2.45) is 4.99 Å². The smallest absolute Gasteiger partial charge is 0.251 e. The highest BCUT2D eigenvalue weighted by molar-refractivity contribution is 6.09. The van der Waals surface area contributed by atoms with E-state index in [0.29, 0.717) is 24.5 Å². The van der Waals surface area contributed by atoms with Gasteiger partial charge >= 0.3 is 0 Å². The molecule has 0 aromatic heterocycles. The van der Waals surface area contributed by atoms with Crippen LogP contribution in [0.25, 0.3) is 16.5 Å². The van der Waals surface area contributed by atoms with Gasteiger partial charge in [0.05, 0.1) is 12.3 Å². The van der Waals surface area contributed by atoms with Gasteiger partial charge in [0.2, 0.25) is 0 Å². The van der Waals surface area contributed by atoms with Crippen LogP contribution in [-0.2, 0) is 11.2 Å². The van der Waals surface area contributed by atoms with Gasteiger partial charge in [-0.1, -0.05) is 48.5 Å². The van der Waals surface area contributed by atoms with Gasteiger partial charge in [-0.3, -0.25) is 9.69 Å². The van der Waals surface area contributed by atoms with Crippen molar-refractivity contribution >= 4 is 28.1 Å². The Morgan fingerprint density at radius 3 is 2.23 bits per heavy atom. The van der Waals surface area contributed by atoms with Crippen LogP contribution >= 0.6 is 0 Å². The first-order valence-corrected chi connectivity index (χ1v) is 11.5. The Balaban J connectivity index is 1.43. The Morgan fingerprint density at radius 1 is 0.829 bits per heavy atom. The normalized spacial score (nSPS) is 17.4. The van der Waals surface area contributed by atoms with Gasteiger partial charge in [0.15, 0.2) is 0 Å². The van der Waals surface area contributed by atoms with Crippen molar-refractivity contribution in [3.63, 3.8) is 0 Å². The average Bonchev–Trinajstić information content (AvgIpc) is 3.20. The summed E-state index contributed by atoms with van der Waals surface area (Å²) in [6.45, 7) is 0.342. The molecule has 2 heterocycles. The van der Waals surface area contributed by atoms with E-state index in [1.807, 2.05) is 42.5 Å². The lowest BCUT2D eigenvalue weighted by molar-refractivity contribution is -0.127. The zero-order valence-electron chi connectivity index (χ0n) is 18.8. The van der Waals surface area contributed by atoms with Crippen LogP contribution in [0.3, 0.4) is 0 Å². The summed E-state index contributed by atoms with van der Waals surface area (Å²) in [7, 11) is 0. The van der Waals surface area contributed by atoms with Crippen LogP contribution in [0.2, 0.25) is 0 Å². The van der Waals surface area contributed by atoms with Crippen molar-refractivity contribution in [2.45, 2.75) is 12.5 Å². The van der Waals surface area contributed by atoms with E-state index >= 15 is 0 Å². The third-order valence-electron chi connectivity index (χ3n) is 6.52. The fourth-order valence-corrected chi connectivity index (χ4v) is 4.68. The predicted octanol–water partition coefficient (Wildman–Crippen LogP) is 4.42. The van der Waals surface area contributed by atoms with Gasteiger partial charge in [-0.25, -0.2) is 4.99 Å². The first kappa shape index (κ1) is 21.0. The number of rotatable bonds is 4. The van der Waals surface area contributed by atoms with Crippen LogP contribution in [0.15, 0.2) is 102 Å². The van der Waals surface area contributed by atoms with E-state index in [2.05, 4.69) is 29.6 Å². The van der Waals surface area contributed by atoms with Gasteiger partial charge in [-0.15, -0.1) is 0 Å². The molecule has 0 bridgehead atoms. The average molecular weight is 462 g/mol. The predicted molar refractivity (Wildman–Crippen MR) is 136 cm³/mol. The summed E-state index contributed by atoms with van der Waals surface area (Å²) in [6.07, 6.45) is 0.499. The molecule has 0 radical (unpaired) electrons. The zero-order chi connectivity index (χ0) is 23.9. The zero-order valence-corrected chi connectivity index (χ0v) is 18.8. The van der Waals surface area contributed by atoms with Crippen molar-refractivity contribution in [1.29, 1.82) is 0 Å². The van der Waals surface area contributed by atoms with Crippen LogP contribution < -0.4 is 5.32 Å². The molecule has 0 saturated carbocycles. The molecule has 3 N–H and O–H groups in total. The molecule has 1 unspecified atom stereocenters. The summed E-state index contributed by atoms with van der Waals surface area (Å²) < 4.78 is 0. The maximum atomic E-state index is 13.5. The SMILES string of the molecule is O=C1C(Cc2ccc(O)cc2)NC2=C(c3ccc4ccccc4c3)N=C(c3ccc(O)cc3)CN12. The summed E-state index contributed by atoms with van der Waals surface area (Å²) in [6, 6.07) is 27.7. The number of hydrogen-bond acceptors (Lipinski definition) is 5. The number of nitrogens with zero attached hydrogens (tertiary/aromatic N) is 2. The summed E-state index contributed by atoms with van der Waals surface area (Å²) in [4.78, 5) is 20.3. The van der Waals surface area contributed by atoms with Crippen LogP contribution in [0.5, 0.6) is 11.5 Å². The molecule has 4 aromatic rings. The summed E-state index contributed by atoms with van der Waals surface area (Å²) >= 11 is 0. The molecule has 172 valence electrons. The number of amides is 1. The molecule has 4 aromatic carbocycles. The third-order valence-corrected chi connectivity index (χ3v) is 6.52. The molecule has 2 aliphatic rings. The molecule has 6 nitrogen and oxygen atoms in total. The van der Waals surface area contributed by atoms with E-state index in [0.717, 1.165) is 33.2 Å². The van der Waals surface area contributed by atoms with Crippen LogP contribution in [-0.4, -0.2) is 39.3 Å². The molecule has 1 amide bonds. The minimum atomic E-state index is -0.431. The second-order valence-corrected chi connectivity index (χ2v) is 8.86. The maximum absolute atomic E-state index is 13.5. The van der Waals surface area contributed by atoms with Crippen molar-refractivity contribution in [3.8, 4) is 11.5 Å². The monoisotopic (exact) mass is 461 g/mol. The highest BCUT2D eigenvalue weighted by atomic mass is 16.3. The van der Waals surface area contributed by atoms with E-state index in [4.69, 9.17) is 4.99 Å². The number of phenols is 2. The van der Waals surface area contributed by atoms with Gasteiger partial charge in [0.25, 0.3) is 5.91 Å². The maximum Gasteiger partial charge on any atom is 0.251 e.